The van der Waals surface area contributed by atoms with E-state index in [2.05, 4.69) is 30.4 Å². The highest BCUT2D eigenvalue weighted by Gasteiger charge is 2.16. The lowest BCUT2D eigenvalue weighted by Crippen LogP contribution is -2.30. The first-order chi connectivity index (χ1) is 7.81. The molecule has 0 saturated carbocycles. The molecule has 0 bridgehead atoms. The van der Waals surface area contributed by atoms with E-state index in [0.29, 0.717) is 0 Å². The maximum Gasteiger partial charge on any atom is 0.124 e. The van der Waals surface area contributed by atoms with Gasteiger partial charge in [0.25, 0.3) is 0 Å². The minimum Gasteiger partial charge on any atom is -0.496 e. The van der Waals surface area contributed by atoms with E-state index >= 15 is 0 Å². The smallest absolute Gasteiger partial charge is 0.124 e. The van der Waals surface area contributed by atoms with Gasteiger partial charge in [-0.2, -0.15) is 0 Å². The number of para-hydroxylation sites is 1. The standard InChI is InChI=1S/C14H21NO/c1-11-5-3-7-13(14(11)16-2)9-12-6-4-8-15-10-12/h3,5,7,12,15H,4,6,8-10H2,1-2H3. The number of nitrogens with one attached hydrogen (secondary N) is 1. The molecular weight excluding hydrogens is 198 g/mol. The first kappa shape index (κ1) is 11.5. The van der Waals surface area contributed by atoms with Crippen molar-refractivity contribution in [2.75, 3.05) is 20.2 Å². The zero-order chi connectivity index (χ0) is 11.4. The Morgan fingerprint density at radius 3 is 3.00 bits per heavy atom. The Balaban J connectivity index is 2.10. The third kappa shape index (κ3) is 2.56. The van der Waals surface area contributed by atoms with E-state index in [9.17, 15) is 0 Å². The highest BCUT2D eigenvalue weighted by Crippen LogP contribution is 2.27. The van der Waals surface area contributed by atoms with Crippen molar-refractivity contribution in [3.8, 4) is 5.75 Å². The fourth-order valence-corrected chi connectivity index (χ4v) is 2.58. The van der Waals surface area contributed by atoms with Gasteiger partial charge in [-0.15, -0.1) is 0 Å². The summed E-state index contributed by atoms with van der Waals surface area (Å²) in [5.41, 5.74) is 2.60. The van der Waals surface area contributed by atoms with Crippen LogP contribution in [0.5, 0.6) is 5.75 Å². The topological polar surface area (TPSA) is 21.3 Å². The summed E-state index contributed by atoms with van der Waals surface area (Å²) in [6, 6.07) is 6.44. The quantitative estimate of drug-likeness (QED) is 0.843. The van der Waals surface area contributed by atoms with Crippen molar-refractivity contribution in [2.24, 2.45) is 5.92 Å². The maximum absolute atomic E-state index is 5.50. The predicted octanol–water partition coefficient (Wildman–Crippen LogP) is 2.55. The van der Waals surface area contributed by atoms with Crippen LogP contribution in [-0.2, 0) is 6.42 Å². The second-order valence-electron chi connectivity index (χ2n) is 4.68. The van der Waals surface area contributed by atoms with Crippen LogP contribution in [0.1, 0.15) is 24.0 Å². The molecule has 1 atom stereocenters. The molecule has 0 aromatic heterocycles. The van der Waals surface area contributed by atoms with Crippen LogP contribution in [-0.4, -0.2) is 20.2 Å². The van der Waals surface area contributed by atoms with E-state index in [1.165, 1.54) is 30.5 Å². The van der Waals surface area contributed by atoms with Crippen molar-refractivity contribution in [2.45, 2.75) is 26.2 Å². The van der Waals surface area contributed by atoms with Gasteiger partial charge in [0.2, 0.25) is 0 Å². The minimum absolute atomic E-state index is 0.768. The SMILES string of the molecule is COc1c(C)cccc1CC1CCCNC1. The lowest BCUT2D eigenvalue weighted by molar-refractivity contribution is 0.363. The first-order valence-electron chi connectivity index (χ1n) is 6.14. The van der Waals surface area contributed by atoms with E-state index in [0.717, 1.165) is 24.6 Å². The van der Waals surface area contributed by atoms with Gasteiger partial charge in [-0.25, -0.2) is 0 Å². The van der Waals surface area contributed by atoms with Crippen LogP contribution < -0.4 is 10.1 Å². The second-order valence-corrected chi connectivity index (χ2v) is 4.68. The van der Waals surface area contributed by atoms with Gasteiger partial charge in [0.05, 0.1) is 7.11 Å². The van der Waals surface area contributed by atoms with Crippen LogP contribution in [0.4, 0.5) is 0 Å². The maximum atomic E-state index is 5.50. The third-order valence-corrected chi connectivity index (χ3v) is 3.41. The molecule has 1 heterocycles. The molecule has 2 nitrogen and oxygen atoms in total. The Morgan fingerprint density at radius 1 is 1.44 bits per heavy atom. The van der Waals surface area contributed by atoms with Gasteiger partial charge >= 0.3 is 0 Å². The van der Waals surface area contributed by atoms with Crippen molar-refractivity contribution < 1.29 is 4.74 Å². The fraction of sp³-hybridized carbons (Fsp3) is 0.571. The van der Waals surface area contributed by atoms with Crippen molar-refractivity contribution in [3.63, 3.8) is 0 Å². The van der Waals surface area contributed by atoms with Crippen LogP contribution in [0.2, 0.25) is 0 Å². The van der Waals surface area contributed by atoms with Crippen LogP contribution in [0.3, 0.4) is 0 Å². The number of benzene rings is 1. The molecule has 1 aromatic carbocycles. The van der Waals surface area contributed by atoms with E-state index in [1.54, 1.807) is 7.11 Å². The van der Waals surface area contributed by atoms with E-state index in [4.69, 9.17) is 4.74 Å². The van der Waals surface area contributed by atoms with Crippen molar-refractivity contribution in [3.05, 3.63) is 29.3 Å². The molecule has 16 heavy (non-hydrogen) atoms. The van der Waals surface area contributed by atoms with Crippen molar-refractivity contribution in [1.29, 1.82) is 0 Å². The summed E-state index contributed by atoms with van der Waals surface area (Å²) in [6.07, 6.45) is 3.78. The fourth-order valence-electron chi connectivity index (χ4n) is 2.58. The normalized spacial score (nSPS) is 20.8. The molecule has 1 fully saturated rings. The van der Waals surface area contributed by atoms with Gasteiger partial charge < -0.3 is 10.1 Å². The molecule has 1 unspecified atom stereocenters. The lowest BCUT2D eigenvalue weighted by atomic mass is 9.91. The van der Waals surface area contributed by atoms with Crippen LogP contribution in [0.25, 0.3) is 0 Å². The summed E-state index contributed by atoms with van der Waals surface area (Å²) in [4.78, 5) is 0. The minimum atomic E-state index is 0.768. The molecule has 0 radical (unpaired) electrons. The van der Waals surface area contributed by atoms with Crippen LogP contribution in [0, 0.1) is 12.8 Å². The first-order valence-corrected chi connectivity index (χ1v) is 6.14. The number of hydrogen-bond donors (Lipinski definition) is 1. The monoisotopic (exact) mass is 219 g/mol. The number of aryl methyl sites for hydroxylation is 1. The molecule has 1 saturated heterocycles. The van der Waals surface area contributed by atoms with Crippen LogP contribution in [0.15, 0.2) is 18.2 Å². The number of hydrogen-bond acceptors (Lipinski definition) is 2. The third-order valence-electron chi connectivity index (χ3n) is 3.41. The molecule has 1 N–H and O–H groups in total. The number of rotatable bonds is 3. The Hall–Kier alpha value is -1.02. The molecule has 88 valence electrons. The van der Waals surface area contributed by atoms with E-state index in [-0.39, 0.29) is 0 Å². The molecule has 2 heteroatoms. The highest BCUT2D eigenvalue weighted by molar-refractivity contribution is 5.40. The summed E-state index contributed by atoms with van der Waals surface area (Å²) < 4.78 is 5.50. The summed E-state index contributed by atoms with van der Waals surface area (Å²) in [5.74, 6) is 1.84. The largest absolute Gasteiger partial charge is 0.496 e. The summed E-state index contributed by atoms with van der Waals surface area (Å²) in [5, 5.41) is 3.47. The molecule has 0 aliphatic carbocycles. The zero-order valence-electron chi connectivity index (χ0n) is 10.3. The molecule has 1 aliphatic heterocycles. The lowest BCUT2D eigenvalue weighted by Gasteiger charge is -2.23. The summed E-state index contributed by atoms with van der Waals surface area (Å²) >= 11 is 0. The van der Waals surface area contributed by atoms with Gasteiger partial charge in [-0.05, 0) is 56.3 Å². The number of methoxy groups -OCH3 is 1. The molecular formula is C14H21NO. The Kier molecular flexibility index (Phi) is 3.83. The highest BCUT2D eigenvalue weighted by atomic mass is 16.5. The number of ether oxygens (including phenoxy) is 1. The average molecular weight is 219 g/mol. The Morgan fingerprint density at radius 2 is 2.31 bits per heavy atom. The van der Waals surface area contributed by atoms with Gasteiger partial charge in [0, 0.05) is 0 Å². The van der Waals surface area contributed by atoms with Gasteiger partial charge in [0.15, 0.2) is 0 Å². The van der Waals surface area contributed by atoms with Crippen molar-refractivity contribution in [1.82, 2.24) is 5.32 Å². The Bertz CT molecular complexity index is 343. The molecule has 1 aliphatic rings. The molecule has 2 rings (SSSR count). The average Bonchev–Trinajstić information content (AvgIpc) is 2.31. The zero-order valence-corrected chi connectivity index (χ0v) is 10.3. The van der Waals surface area contributed by atoms with Crippen LogP contribution >= 0.6 is 0 Å². The molecule has 0 spiro atoms. The second kappa shape index (κ2) is 5.35. The van der Waals surface area contributed by atoms with Crippen molar-refractivity contribution >= 4 is 0 Å². The van der Waals surface area contributed by atoms with E-state index in [1.807, 2.05) is 0 Å². The predicted molar refractivity (Wildman–Crippen MR) is 67.0 cm³/mol. The number of piperidine rings is 1. The van der Waals surface area contributed by atoms with E-state index < -0.39 is 0 Å². The summed E-state index contributed by atoms with van der Waals surface area (Å²) in [7, 11) is 1.77. The Labute approximate surface area is 98.0 Å². The molecule has 1 aromatic rings. The van der Waals surface area contributed by atoms with Gasteiger partial charge in [0.1, 0.15) is 5.75 Å². The summed E-state index contributed by atoms with van der Waals surface area (Å²) in [6.45, 7) is 4.44. The molecule has 0 amide bonds. The van der Waals surface area contributed by atoms with Gasteiger partial charge in [-0.1, -0.05) is 18.2 Å². The van der Waals surface area contributed by atoms with Gasteiger partial charge in [-0.3, -0.25) is 0 Å².